The third-order valence-corrected chi connectivity index (χ3v) is 5.27. The molecule has 4 rings (SSSR count). The van der Waals surface area contributed by atoms with Crippen LogP contribution in [0.3, 0.4) is 0 Å². The number of hydrogen-bond donors (Lipinski definition) is 0. The van der Waals surface area contributed by atoms with Crippen LogP contribution in [0.2, 0.25) is 0 Å². The third kappa shape index (κ3) is 3.91. The Kier molecular flexibility index (Phi) is 5.76. The van der Waals surface area contributed by atoms with E-state index in [2.05, 4.69) is 9.97 Å². The van der Waals surface area contributed by atoms with E-state index in [1.165, 1.54) is 22.9 Å². The van der Waals surface area contributed by atoms with Gasteiger partial charge in [0.2, 0.25) is 5.95 Å². The van der Waals surface area contributed by atoms with E-state index in [4.69, 9.17) is 9.47 Å². The number of methoxy groups -OCH3 is 1. The van der Waals surface area contributed by atoms with Crippen molar-refractivity contribution in [2.24, 2.45) is 7.05 Å². The number of aromatic nitrogens is 3. The third-order valence-electron chi connectivity index (χ3n) is 5.27. The van der Waals surface area contributed by atoms with Crippen molar-refractivity contribution in [3.63, 3.8) is 0 Å². The Bertz CT molecular complexity index is 1100. The van der Waals surface area contributed by atoms with Crippen molar-refractivity contribution < 1.29 is 13.9 Å². The topological polar surface area (TPSA) is 69.5 Å². The molecule has 1 atom stereocenters. The first-order valence-electron chi connectivity index (χ1n) is 9.76. The largest absolute Gasteiger partial charge is 0.496 e. The van der Waals surface area contributed by atoms with E-state index in [0.29, 0.717) is 37.8 Å². The summed E-state index contributed by atoms with van der Waals surface area (Å²) in [6, 6.07) is 10.7. The second-order valence-corrected chi connectivity index (χ2v) is 7.07. The van der Waals surface area contributed by atoms with Crippen LogP contribution in [-0.2, 0) is 11.8 Å². The van der Waals surface area contributed by atoms with E-state index >= 15 is 0 Å². The first-order chi connectivity index (χ1) is 14.6. The Labute approximate surface area is 173 Å². The average molecular weight is 410 g/mol. The molecular weight excluding hydrogens is 387 g/mol. The SMILES string of the molecule is COc1ccccc1C1CCN(c2nc(-c3ccncc3F)cc(=O)n2C)CCO1. The number of anilines is 1. The molecule has 0 radical (unpaired) electrons. The van der Waals surface area contributed by atoms with Crippen LogP contribution in [0.4, 0.5) is 10.3 Å². The van der Waals surface area contributed by atoms with Crippen LogP contribution in [0.1, 0.15) is 18.1 Å². The summed E-state index contributed by atoms with van der Waals surface area (Å²) < 4.78 is 27.2. The molecular formula is C22H23FN4O3. The maximum Gasteiger partial charge on any atom is 0.255 e. The zero-order chi connectivity index (χ0) is 21.1. The number of benzene rings is 1. The van der Waals surface area contributed by atoms with E-state index in [-0.39, 0.29) is 17.2 Å². The van der Waals surface area contributed by atoms with Crippen LogP contribution in [0.5, 0.6) is 5.75 Å². The molecule has 2 aromatic heterocycles. The highest BCUT2D eigenvalue weighted by Gasteiger charge is 2.24. The molecule has 7 nitrogen and oxygen atoms in total. The summed E-state index contributed by atoms with van der Waals surface area (Å²) in [7, 11) is 3.31. The maximum absolute atomic E-state index is 14.2. The lowest BCUT2D eigenvalue weighted by Crippen LogP contribution is -2.33. The Morgan fingerprint density at radius 2 is 2.07 bits per heavy atom. The summed E-state index contributed by atoms with van der Waals surface area (Å²) in [5, 5.41) is 0. The lowest BCUT2D eigenvalue weighted by atomic mass is 10.1. The van der Waals surface area contributed by atoms with Gasteiger partial charge in [-0.3, -0.25) is 14.3 Å². The summed E-state index contributed by atoms with van der Waals surface area (Å²) in [6.07, 6.45) is 3.18. The van der Waals surface area contributed by atoms with Gasteiger partial charge in [-0.2, -0.15) is 0 Å². The molecule has 0 spiro atoms. The number of nitrogens with zero attached hydrogens (tertiary/aromatic N) is 4. The predicted octanol–water partition coefficient (Wildman–Crippen LogP) is 2.96. The van der Waals surface area contributed by atoms with Gasteiger partial charge < -0.3 is 14.4 Å². The van der Waals surface area contributed by atoms with E-state index in [1.807, 2.05) is 29.2 Å². The normalized spacial score (nSPS) is 16.9. The smallest absolute Gasteiger partial charge is 0.255 e. The lowest BCUT2D eigenvalue weighted by molar-refractivity contribution is 0.0629. The minimum Gasteiger partial charge on any atom is -0.496 e. The molecule has 3 heterocycles. The minimum atomic E-state index is -0.514. The first kappa shape index (κ1) is 20.0. The molecule has 8 heteroatoms. The zero-order valence-electron chi connectivity index (χ0n) is 16.9. The standard InChI is InChI=1S/C22H23FN4O3/c1-26-21(28)13-18(15-7-9-24-14-17(15)23)25-22(26)27-10-8-20(30-12-11-27)16-5-3-4-6-19(16)29-2/h3-7,9,13-14,20H,8,10-12H2,1-2H3. The zero-order valence-corrected chi connectivity index (χ0v) is 16.9. The summed E-state index contributed by atoms with van der Waals surface area (Å²) in [4.78, 5) is 22.9. The van der Waals surface area contributed by atoms with Crippen molar-refractivity contribution in [3.05, 3.63) is 70.5 Å². The second kappa shape index (κ2) is 8.62. The summed E-state index contributed by atoms with van der Waals surface area (Å²) in [6.45, 7) is 1.66. The highest BCUT2D eigenvalue weighted by atomic mass is 19.1. The molecule has 1 aliphatic rings. The lowest BCUT2D eigenvalue weighted by Gasteiger charge is -2.23. The van der Waals surface area contributed by atoms with Crippen LogP contribution in [0, 0.1) is 5.82 Å². The highest BCUT2D eigenvalue weighted by molar-refractivity contribution is 5.60. The number of para-hydroxylation sites is 1. The van der Waals surface area contributed by atoms with E-state index in [1.54, 1.807) is 14.2 Å². The van der Waals surface area contributed by atoms with Gasteiger partial charge in [0.15, 0.2) is 5.82 Å². The van der Waals surface area contributed by atoms with Crippen LogP contribution < -0.4 is 15.2 Å². The molecule has 1 aliphatic heterocycles. The fraction of sp³-hybridized carbons (Fsp3) is 0.318. The van der Waals surface area contributed by atoms with Crippen molar-refractivity contribution in [1.29, 1.82) is 0 Å². The van der Waals surface area contributed by atoms with E-state index in [9.17, 15) is 9.18 Å². The molecule has 0 N–H and O–H groups in total. The minimum absolute atomic E-state index is 0.121. The van der Waals surface area contributed by atoms with Gasteiger partial charge in [0.25, 0.3) is 5.56 Å². The van der Waals surface area contributed by atoms with Crippen molar-refractivity contribution in [2.75, 3.05) is 31.7 Å². The predicted molar refractivity (Wildman–Crippen MR) is 111 cm³/mol. The molecule has 0 bridgehead atoms. The van der Waals surface area contributed by atoms with Gasteiger partial charge in [0.05, 0.1) is 31.7 Å². The Morgan fingerprint density at radius 1 is 1.23 bits per heavy atom. The summed E-state index contributed by atoms with van der Waals surface area (Å²) in [5.74, 6) is 0.759. The van der Waals surface area contributed by atoms with Gasteiger partial charge >= 0.3 is 0 Å². The van der Waals surface area contributed by atoms with Crippen LogP contribution in [0.15, 0.2) is 53.6 Å². The molecule has 3 aromatic rings. The summed E-state index contributed by atoms with van der Waals surface area (Å²) >= 11 is 0. The van der Waals surface area contributed by atoms with Gasteiger partial charge in [-0.05, 0) is 18.6 Å². The van der Waals surface area contributed by atoms with Gasteiger partial charge in [0.1, 0.15) is 5.75 Å². The van der Waals surface area contributed by atoms with Gasteiger partial charge in [0, 0.05) is 43.5 Å². The molecule has 156 valence electrons. The maximum atomic E-state index is 14.2. The monoisotopic (exact) mass is 410 g/mol. The van der Waals surface area contributed by atoms with Gasteiger partial charge in [-0.15, -0.1) is 0 Å². The van der Waals surface area contributed by atoms with Crippen LogP contribution >= 0.6 is 0 Å². The first-order valence-corrected chi connectivity index (χ1v) is 9.76. The molecule has 1 aromatic carbocycles. The molecule has 0 aliphatic carbocycles. The van der Waals surface area contributed by atoms with Crippen LogP contribution in [-0.4, -0.2) is 41.3 Å². The Hall–Kier alpha value is -3.26. The molecule has 1 saturated heterocycles. The number of pyridine rings is 1. The molecule has 0 saturated carbocycles. The quantitative estimate of drug-likeness (QED) is 0.659. The number of rotatable bonds is 4. The number of ether oxygens (including phenoxy) is 2. The Morgan fingerprint density at radius 3 is 2.87 bits per heavy atom. The molecule has 30 heavy (non-hydrogen) atoms. The summed E-state index contributed by atoms with van der Waals surface area (Å²) in [5.41, 5.74) is 1.29. The number of hydrogen-bond acceptors (Lipinski definition) is 6. The molecule has 0 amide bonds. The van der Waals surface area contributed by atoms with Crippen molar-refractivity contribution in [1.82, 2.24) is 14.5 Å². The number of halogens is 1. The molecule has 1 fully saturated rings. The van der Waals surface area contributed by atoms with Gasteiger partial charge in [-0.1, -0.05) is 18.2 Å². The Balaban J connectivity index is 1.63. The van der Waals surface area contributed by atoms with Crippen LogP contribution in [0.25, 0.3) is 11.3 Å². The second-order valence-electron chi connectivity index (χ2n) is 7.07. The average Bonchev–Trinajstić information content (AvgIpc) is 3.02. The van der Waals surface area contributed by atoms with Crippen molar-refractivity contribution in [3.8, 4) is 17.0 Å². The van der Waals surface area contributed by atoms with E-state index in [0.717, 1.165) is 17.5 Å². The van der Waals surface area contributed by atoms with Crippen molar-refractivity contribution >= 4 is 5.95 Å². The fourth-order valence-electron chi connectivity index (χ4n) is 3.68. The fourth-order valence-corrected chi connectivity index (χ4v) is 3.68. The van der Waals surface area contributed by atoms with E-state index < -0.39 is 5.82 Å². The highest BCUT2D eigenvalue weighted by Crippen LogP contribution is 2.32. The molecule has 1 unspecified atom stereocenters. The van der Waals surface area contributed by atoms with Crippen molar-refractivity contribution in [2.45, 2.75) is 12.5 Å². The van der Waals surface area contributed by atoms with Gasteiger partial charge in [-0.25, -0.2) is 9.37 Å².